The first-order valence-corrected chi connectivity index (χ1v) is 11.7. The van der Waals surface area contributed by atoms with Crippen LogP contribution >= 0.6 is 0 Å². The molecule has 0 bridgehead atoms. The van der Waals surface area contributed by atoms with E-state index in [4.69, 9.17) is 0 Å². The van der Waals surface area contributed by atoms with E-state index in [-0.39, 0.29) is 0 Å². The lowest BCUT2D eigenvalue weighted by Gasteiger charge is -2.32. The summed E-state index contributed by atoms with van der Waals surface area (Å²) in [5, 5.41) is 4.78. The molecule has 0 radical (unpaired) electrons. The second-order valence-corrected chi connectivity index (χ2v) is 11.1. The normalized spacial score (nSPS) is 16.5. The van der Waals surface area contributed by atoms with E-state index in [0.717, 1.165) is 6.42 Å². The minimum atomic E-state index is -1.89. The van der Waals surface area contributed by atoms with Gasteiger partial charge in [-0.25, -0.2) is 0 Å². The van der Waals surface area contributed by atoms with Crippen molar-refractivity contribution in [2.45, 2.75) is 46.1 Å². The molecule has 3 rings (SSSR count). The molecule has 0 nitrogen and oxygen atoms in total. The lowest BCUT2D eigenvalue weighted by Crippen LogP contribution is -2.57. The highest BCUT2D eigenvalue weighted by Gasteiger charge is 2.37. The molecule has 124 valence electrons. The van der Waals surface area contributed by atoms with E-state index >= 15 is 0 Å². The number of hydrogen-bond acceptors (Lipinski definition) is 0. The fraction of sp³-hybridized carbons (Fsp3) is 0.304. The number of benzene rings is 2. The Balaban J connectivity index is 2.14. The first kappa shape index (κ1) is 17.0. The molecule has 1 aliphatic carbocycles. The average Bonchev–Trinajstić information content (AvgIpc) is 3.09. The van der Waals surface area contributed by atoms with Crippen molar-refractivity contribution in [3.63, 3.8) is 0 Å². The summed E-state index contributed by atoms with van der Waals surface area (Å²) < 4.78 is 0. The number of rotatable bonds is 6. The van der Waals surface area contributed by atoms with Crippen LogP contribution in [0.25, 0.3) is 0 Å². The summed E-state index contributed by atoms with van der Waals surface area (Å²) >= 11 is 0. The maximum atomic E-state index is 2.54. The van der Waals surface area contributed by atoms with Crippen molar-refractivity contribution >= 4 is 18.4 Å². The number of aryl methyl sites for hydroxylation is 1. The van der Waals surface area contributed by atoms with Crippen LogP contribution in [-0.4, -0.2) is 8.07 Å². The zero-order chi connectivity index (χ0) is 17.0. The second-order valence-electron chi connectivity index (χ2n) is 7.07. The van der Waals surface area contributed by atoms with Crippen LogP contribution in [0.3, 0.4) is 0 Å². The summed E-state index contributed by atoms with van der Waals surface area (Å²) in [5.74, 6) is 0. The molecule has 0 saturated heterocycles. The quantitative estimate of drug-likeness (QED) is 0.640. The Kier molecular flexibility index (Phi) is 5.20. The van der Waals surface area contributed by atoms with Crippen LogP contribution in [0.4, 0.5) is 0 Å². The molecule has 0 amide bonds. The summed E-state index contributed by atoms with van der Waals surface area (Å²) in [6.07, 6.45) is 9.68. The van der Waals surface area contributed by atoms with Crippen molar-refractivity contribution in [2.75, 3.05) is 0 Å². The maximum Gasteiger partial charge on any atom is 0.141 e. The fourth-order valence-electron chi connectivity index (χ4n) is 3.85. The van der Waals surface area contributed by atoms with Crippen molar-refractivity contribution in [3.8, 4) is 0 Å². The molecule has 1 heteroatoms. The van der Waals surface area contributed by atoms with Crippen LogP contribution in [0.15, 0.2) is 77.5 Å². The Morgan fingerprint density at radius 1 is 0.917 bits per heavy atom. The molecule has 2 aromatic carbocycles. The van der Waals surface area contributed by atoms with E-state index in [1.54, 1.807) is 10.8 Å². The van der Waals surface area contributed by atoms with Crippen molar-refractivity contribution < 1.29 is 0 Å². The van der Waals surface area contributed by atoms with Crippen LogP contribution in [0.1, 0.15) is 38.2 Å². The van der Waals surface area contributed by atoms with Crippen molar-refractivity contribution in [1.29, 1.82) is 0 Å². The Bertz CT molecular complexity index is 737. The summed E-state index contributed by atoms with van der Waals surface area (Å²) in [4.78, 5) is 0. The van der Waals surface area contributed by atoms with Gasteiger partial charge in [-0.05, 0) is 36.6 Å². The van der Waals surface area contributed by atoms with E-state index in [1.807, 2.05) is 0 Å². The van der Waals surface area contributed by atoms with Gasteiger partial charge in [-0.2, -0.15) is 0 Å². The fourth-order valence-corrected chi connectivity index (χ4v) is 7.95. The predicted molar refractivity (Wildman–Crippen MR) is 109 cm³/mol. The van der Waals surface area contributed by atoms with E-state index in [0.29, 0.717) is 0 Å². The Morgan fingerprint density at radius 3 is 2.25 bits per heavy atom. The van der Waals surface area contributed by atoms with Crippen LogP contribution < -0.4 is 10.4 Å². The first-order chi connectivity index (χ1) is 11.7. The molecule has 0 aromatic heterocycles. The SMILES string of the molecule is CCCCC1=C([Si](C)(c2ccccc2)c2ccc(C)cc2)CC=C1. The number of allylic oxidation sites excluding steroid dienone is 4. The largest absolute Gasteiger partial charge is 0.141 e. The van der Waals surface area contributed by atoms with E-state index in [1.165, 1.54) is 35.2 Å². The Morgan fingerprint density at radius 2 is 1.58 bits per heavy atom. The summed E-state index contributed by atoms with van der Waals surface area (Å²) in [5.41, 5.74) is 2.95. The van der Waals surface area contributed by atoms with Gasteiger partial charge in [-0.15, -0.1) is 0 Å². The summed E-state index contributed by atoms with van der Waals surface area (Å²) in [7, 11) is -1.89. The third-order valence-corrected chi connectivity index (χ3v) is 10.1. The molecule has 0 spiro atoms. The smallest absolute Gasteiger partial charge is 0.0806 e. The molecule has 0 heterocycles. The minimum absolute atomic E-state index is 1.13. The zero-order valence-corrected chi connectivity index (χ0v) is 16.2. The molecule has 2 aromatic rings. The second kappa shape index (κ2) is 7.35. The van der Waals surface area contributed by atoms with Crippen LogP contribution in [-0.2, 0) is 0 Å². The van der Waals surface area contributed by atoms with Crippen LogP contribution in [0.5, 0.6) is 0 Å². The number of hydrogen-bond donors (Lipinski definition) is 0. The van der Waals surface area contributed by atoms with Gasteiger partial charge in [0, 0.05) is 0 Å². The van der Waals surface area contributed by atoms with Gasteiger partial charge in [-0.1, -0.05) is 103 Å². The molecule has 0 fully saturated rings. The molecule has 0 N–H and O–H groups in total. The highest BCUT2D eigenvalue weighted by molar-refractivity contribution is 7.06. The van der Waals surface area contributed by atoms with Gasteiger partial charge in [0.25, 0.3) is 0 Å². The lowest BCUT2D eigenvalue weighted by atomic mass is 10.1. The maximum absolute atomic E-state index is 2.54. The molecule has 1 unspecified atom stereocenters. The van der Waals surface area contributed by atoms with Gasteiger partial charge in [0.1, 0.15) is 8.07 Å². The highest BCUT2D eigenvalue weighted by atomic mass is 28.3. The van der Waals surface area contributed by atoms with Gasteiger partial charge in [0.2, 0.25) is 0 Å². The first-order valence-electron chi connectivity index (χ1n) is 9.18. The topological polar surface area (TPSA) is 0 Å². The van der Waals surface area contributed by atoms with Crippen molar-refractivity contribution in [1.82, 2.24) is 0 Å². The van der Waals surface area contributed by atoms with Gasteiger partial charge >= 0.3 is 0 Å². The van der Waals surface area contributed by atoms with Gasteiger partial charge < -0.3 is 0 Å². The van der Waals surface area contributed by atoms with Crippen LogP contribution in [0, 0.1) is 6.92 Å². The molecule has 0 saturated carbocycles. The van der Waals surface area contributed by atoms with E-state index < -0.39 is 8.07 Å². The molecule has 0 aliphatic heterocycles. The summed E-state index contributed by atoms with van der Waals surface area (Å²) in [6, 6.07) is 20.5. The monoisotopic (exact) mass is 332 g/mol. The average molecular weight is 333 g/mol. The van der Waals surface area contributed by atoms with Crippen LogP contribution in [0.2, 0.25) is 6.55 Å². The van der Waals surface area contributed by atoms with E-state index in [2.05, 4.69) is 87.1 Å². The third kappa shape index (κ3) is 3.18. The lowest BCUT2D eigenvalue weighted by molar-refractivity contribution is 0.797. The third-order valence-electron chi connectivity index (χ3n) is 5.41. The van der Waals surface area contributed by atoms with Crippen molar-refractivity contribution in [2.24, 2.45) is 0 Å². The molecule has 1 atom stereocenters. The standard InChI is InChI=1S/C23H28Si/c1-4-5-10-20-11-9-14-23(20)24(3,21-12-7-6-8-13-21)22-17-15-19(2)16-18-22/h6-9,11-13,15-18H,4-5,10,14H2,1-3H3. The summed E-state index contributed by atoms with van der Waals surface area (Å²) in [6.45, 7) is 7.00. The zero-order valence-electron chi connectivity index (χ0n) is 15.2. The highest BCUT2D eigenvalue weighted by Crippen LogP contribution is 2.31. The van der Waals surface area contributed by atoms with Crippen molar-refractivity contribution in [3.05, 3.63) is 83.1 Å². The molecular weight excluding hydrogens is 304 g/mol. The Hall–Kier alpha value is -1.86. The predicted octanol–water partition coefficient (Wildman–Crippen LogP) is 5.17. The molecular formula is C23H28Si. The van der Waals surface area contributed by atoms with Gasteiger partial charge in [-0.3, -0.25) is 0 Å². The minimum Gasteiger partial charge on any atom is -0.0806 e. The van der Waals surface area contributed by atoms with Gasteiger partial charge in [0.15, 0.2) is 0 Å². The number of unbranched alkanes of at least 4 members (excludes halogenated alkanes) is 1. The Labute approximate surface area is 147 Å². The van der Waals surface area contributed by atoms with Gasteiger partial charge in [0.05, 0.1) is 0 Å². The van der Waals surface area contributed by atoms with E-state index in [9.17, 15) is 0 Å². The molecule has 24 heavy (non-hydrogen) atoms. The molecule has 1 aliphatic rings.